The number of hydrogen-bond donors (Lipinski definition) is 1. The zero-order chi connectivity index (χ0) is 20.1. The van der Waals surface area contributed by atoms with Gasteiger partial charge in [-0.2, -0.15) is 0 Å². The molecule has 2 aromatic heterocycles. The van der Waals surface area contributed by atoms with Gasteiger partial charge in [-0.25, -0.2) is 4.98 Å². The highest BCUT2D eigenvalue weighted by Gasteiger charge is 2.42. The van der Waals surface area contributed by atoms with Gasteiger partial charge in [-0.3, -0.25) is 9.78 Å². The molecule has 1 aliphatic carbocycles. The molecular weight excluding hydrogens is 378 g/mol. The lowest BCUT2D eigenvalue weighted by molar-refractivity contribution is -0.126. The molecule has 0 unspecified atom stereocenters. The molecular formula is C24H27N3OS. The first-order chi connectivity index (χ1) is 14.2. The molecule has 1 N–H and O–H groups in total. The lowest BCUT2D eigenvalue weighted by atomic mass is 9.77. The molecule has 4 rings (SSSR count). The van der Waals surface area contributed by atoms with Crippen molar-refractivity contribution >= 4 is 17.2 Å². The van der Waals surface area contributed by atoms with Crippen LogP contribution in [-0.2, 0) is 16.6 Å². The number of carbonyl (C=O) groups is 1. The van der Waals surface area contributed by atoms with E-state index in [1.54, 1.807) is 23.7 Å². The van der Waals surface area contributed by atoms with Gasteiger partial charge >= 0.3 is 0 Å². The lowest BCUT2D eigenvalue weighted by Crippen LogP contribution is -2.43. The van der Waals surface area contributed by atoms with Crippen LogP contribution < -0.4 is 5.32 Å². The van der Waals surface area contributed by atoms with E-state index in [0.717, 1.165) is 54.8 Å². The molecule has 0 bridgehead atoms. The molecule has 1 amide bonds. The topological polar surface area (TPSA) is 54.9 Å². The fraction of sp³-hybridized carbons (Fsp3) is 0.375. The van der Waals surface area contributed by atoms with E-state index in [0.29, 0.717) is 6.54 Å². The summed E-state index contributed by atoms with van der Waals surface area (Å²) in [5, 5.41) is 6.42. The Morgan fingerprint density at radius 3 is 2.72 bits per heavy atom. The van der Waals surface area contributed by atoms with Crippen molar-refractivity contribution < 1.29 is 4.79 Å². The molecule has 1 fully saturated rings. The highest BCUT2D eigenvalue weighted by Crippen LogP contribution is 2.41. The second-order valence-corrected chi connectivity index (χ2v) is 8.82. The molecule has 150 valence electrons. The van der Waals surface area contributed by atoms with Gasteiger partial charge in [-0.05, 0) is 43.9 Å². The largest absolute Gasteiger partial charge is 0.355 e. The predicted molar refractivity (Wildman–Crippen MR) is 118 cm³/mol. The van der Waals surface area contributed by atoms with E-state index in [-0.39, 0.29) is 11.3 Å². The molecule has 1 saturated carbocycles. The first-order valence-corrected chi connectivity index (χ1v) is 11.3. The molecule has 5 heteroatoms. The number of rotatable bonds is 7. The Morgan fingerprint density at radius 1 is 1.17 bits per heavy atom. The Balaban J connectivity index is 1.33. The van der Waals surface area contributed by atoms with Crippen molar-refractivity contribution in [3.05, 3.63) is 70.3 Å². The third kappa shape index (κ3) is 4.40. The average Bonchev–Trinajstić information content (AvgIpc) is 3.42. The summed E-state index contributed by atoms with van der Waals surface area (Å²) in [6.07, 6.45) is 9.50. The van der Waals surface area contributed by atoms with Gasteiger partial charge in [-0.15, -0.1) is 11.3 Å². The minimum Gasteiger partial charge on any atom is -0.355 e. The summed E-state index contributed by atoms with van der Waals surface area (Å²) in [5.41, 5.74) is 4.14. The number of carbonyl (C=O) groups excluding carboxylic acids is 1. The van der Waals surface area contributed by atoms with Crippen LogP contribution in [0, 0.1) is 6.92 Å². The second-order valence-electron chi connectivity index (χ2n) is 7.88. The third-order valence-electron chi connectivity index (χ3n) is 5.84. The Kier molecular flexibility index (Phi) is 6.05. The number of nitrogens with one attached hydrogen (secondary N) is 1. The van der Waals surface area contributed by atoms with Gasteiger partial charge in [-0.1, -0.05) is 42.7 Å². The van der Waals surface area contributed by atoms with E-state index >= 15 is 0 Å². The molecule has 29 heavy (non-hydrogen) atoms. The fourth-order valence-corrected chi connectivity index (χ4v) is 5.11. The Labute approximate surface area is 176 Å². The van der Waals surface area contributed by atoms with Crippen LogP contribution >= 0.6 is 11.3 Å². The smallest absolute Gasteiger partial charge is 0.230 e. The molecule has 0 spiro atoms. The van der Waals surface area contributed by atoms with Crippen LogP contribution in [0.2, 0.25) is 0 Å². The van der Waals surface area contributed by atoms with Crippen molar-refractivity contribution in [2.75, 3.05) is 6.54 Å². The van der Waals surface area contributed by atoms with Gasteiger partial charge < -0.3 is 5.32 Å². The van der Waals surface area contributed by atoms with Gasteiger partial charge in [0, 0.05) is 36.3 Å². The zero-order valence-electron chi connectivity index (χ0n) is 16.9. The maximum Gasteiger partial charge on any atom is 0.230 e. The minimum atomic E-state index is -0.346. The van der Waals surface area contributed by atoms with Gasteiger partial charge in [0.25, 0.3) is 0 Å². The zero-order valence-corrected chi connectivity index (χ0v) is 17.7. The number of amides is 1. The van der Waals surface area contributed by atoms with Crippen LogP contribution in [-0.4, -0.2) is 22.4 Å². The van der Waals surface area contributed by atoms with E-state index in [9.17, 15) is 4.79 Å². The maximum atomic E-state index is 13.1. The maximum absolute atomic E-state index is 13.1. The highest BCUT2D eigenvalue weighted by molar-refractivity contribution is 7.09. The van der Waals surface area contributed by atoms with Crippen molar-refractivity contribution in [2.24, 2.45) is 0 Å². The number of nitrogens with zero attached hydrogens (tertiary/aromatic N) is 2. The predicted octanol–water partition coefficient (Wildman–Crippen LogP) is 5.07. The second kappa shape index (κ2) is 8.87. The molecule has 3 aromatic rings. The number of pyridine rings is 1. The SMILES string of the molecule is Cc1cccc(C2(C(=O)NCCCc3nc(-c4ccncc4)cs3)CCCC2)c1. The van der Waals surface area contributed by atoms with E-state index in [1.807, 2.05) is 12.1 Å². The van der Waals surface area contributed by atoms with Crippen LogP contribution in [0.1, 0.15) is 48.2 Å². The van der Waals surface area contributed by atoms with Gasteiger partial charge in [0.05, 0.1) is 16.1 Å². The number of aromatic nitrogens is 2. The monoisotopic (exact) mass is 405 g/mol. The number of hydrogen-bond acceptors (Lipinski definition) is 4. The van der Waals surface area contributed by atoms with Gasteiger partial charge in [0.15, 0.2) is 0 Å². The molecule has 1 aromatic carbocycles. The van der Waals surface area contributed by atoms with Crippen molar-refractivity contribution in [3.63, 3.8) is 0 Å². The van der Waals surface area contributed by atoms with Crippen molar-refractivity contribution in [3.8, 4) is 11.3 Å². The van der Waals surface area contributed by atoms with Crippen molar-refractivity contribution in [2.45, 2.75) is 50.9 Å². The normalized spacial score (nSPS) is 15.3. The van der Waals surface area contributed by atoms with Gasteiger partial charge in [0.2, 0.25) is 5.91 Å². The summed E-state index contributed by atoms with van der Waals surface area (Å²) < 4.78 is 0. The molecule has 2 heterocycles. The number of benzene rings is 1. The first kappa shape index (κ1) is 19.8. The summed E-state index contributed by atoms with van der Waals surface area (Å²) in [4.78, 5) is 21.9. The average molecular weight is 406 g/mol. The molecule has 4 nitrogen and oxygen atoms in total. The number of aryl methyl sites for hydroxylation is 2. The Bertz CT molecular complexity index is 961. The standard InChI is InChI=1S/C24H27N3OS/c1-18-6-4-7-20(16-18)24(11-2-3-12-24)23(28)26-13-5-8-22-27-21(17-29-22)19-9-14-25-15-10-19/h4,6-7,9-10,14-17H,2-3,5,8,11-13H2,1H3,(H,26,28). The van der Waals surface area contributed by atoms with E-state index in [1.165, 1.54) is 11.1 Å². The molecule has 0 aliphatic heterocycles. The summed E-state index contributed by atoms with van der Waals surface area (Å²) in [6, 6.07) is 12.4. The van der Waals surface area contributed by atoms with Crippen LogP contribution in [0.25, 0.3) is 11.3 Å². The summed E-state index contributed by atoms with van der Waals surface area (Å²) in [7, 11) is 0. The number of thiazole rings is 1. The summed E-state index contributed by atoms with van der Waals surface area (Å²) in [6.45, 7) is 2.79. The quantitative estimate of drug-likeness (QED) is 0.558. The molecule has 0 atom stereocenters. The third-order valence-corrected chi connectivity index (χ3v) is 6.75. The van der Waals surface area contributed by atoms with E-state index < -0.39 is 0 Å². The summed E-state index contributed by atoms with van der Waals surface area (Å²) in [5.74, 6) is 0.192. The first-order valence-electron chi connectivity index (χ1n) is 10.4. The van der Waals surface area contributed by atoms with Gasteiger partial charge in [0.1, 0.15) is 0 Å². The highest BCUT2D eigenvalue weighted by atomic mass is 32.1. The van der Waals surface area contributed by atoms with Crippen molar-refractivity contribution in [1.82, 2.24) is 15.3 Å². The van der Waals surface area contributed by atoms with Crippen LogP contribution in [0.15, 0.2) is 54.2 Å². The Morgan fingerprint density at radius 2 is 1.97 bits per heavy atom. The van der Waals surface area contributed by atoms with Crippen molar-refractivity contribution in [1.29, 1.82) is 0 Å². The van der Waals surface area contributed by atoms with Crippen LogP contribution in [0.3, 0.4) is 0 Å². The molecule has 0 radical (unpaired) electrons. The fourth-order valence-electron chi connectivity index (χ4n) is 4.26. The molecule has 1 aliphatic rings. The van der Waals surface area contributed by atoms with Crippen LogP contribution in [0.5, 0.6) is 0 Å². The Hall–Kier alpha value is -2.53. The van der Waals surface area contributed by atoms with E-state index in [4.69, 9.17) is 4.98 Å². The lowest BCUT2D eigenvalue weighted by Gasteiger charge is -2.28. The minimum absolute atomic E-state index is 0.192. The van der Waals surface area contributed by atoms with Crippen LogP contribution in [0.4, 0.5) is 0 Å². The van der Waals surface area contributed by atoms with E-state index in [2.05, 4.69) is 46.9 Å². The summed E-state index contributed by atoms with van der Waals surface area (Å²) >= 11 is 1.68. The molecule has 0 saturated heterocycles.